The molecular formula is C9H17NO4. The summed E-state index contributed by atoms with van der Waals surface area (Å²) < 4.78 is 9.48. The summed E-state index contributed by atoms with van der Waals surface area (Å²) >= 11 is 0. The van der Waals surface area contributed by atoms with Crippen molar-refractivity contribution in [2.24, 2.45) is 0 Å². The molecular weight excluding hydrogens is 186 g/mol. The van der Waals surface area contributed by atoms with Crippen molar-refractivity contribution in [2.75, 3.05) is 13.2 Å². The average Bonchev–Trinajstić information content (AvgIpc) is 2.15. The summed E-state index contributed by atoms with van der Waals surface area (Å²) in [7, 11) is 0. The lowest BCUT2D eigenvalue weighted by Gasteiger charge is -2.10. The fourth-order valence-corrected chi connectivity index (χ4v) is 0.676. The molecule has 0 bridgehead atoms. The maximum atomic E-state index is 11.0. The van der Waals surface area contributed by atoms with Gasteiger partial charge >= 0.3 is 12.1 Å². The van der Waals surface area contributed by atoms with Crippen LogP contribution in [-0.2, 0) is 14.3 Å². The number of carbonyl (C=O) groups is 2. The molecule has 0 heterocycles. The summed E-state index contributed by atoms with van der Waals surface area (Å²) in [6.07, 6.45) is 0.0330. The van der Waals surface area contributed by atoms with Gasteiger partial charge in [-0.3, -0.25) is 4.79 Å². The Kier molecular flexibility index (Phi) is 6.53. The van der Waals surface area contributed by atoms with Gasteiger partial charge in [0, 0.05) is 0 Å². The molecule has 0 aromatic carbocycles. The Morgan fingerprint density at radius 3 is 2.50 bits per heavy atom. The lowest BCUT2D eigenvalue weighted by atomic mass is 10.3. The quantitative estimate of drug-likeness (QED) is 0.679. The maximum Gasteiger partial charge on any atom is 0.407 e. The van der Waals surface area contributed by atoms with E-state index in [2.05, 4.69) is 10.1 Å². The molecule has 0 aliphatic carbocycles. The van der Waals surface area contributed by atoms with E-state index in [1.165, 1.54) is 0 Å². The van der Waals surface area contributed by atoms with Crippen LogP contribution in [0.3, 0.4) is 0 Å². The molecule has 1 N–H and O–H groups in total. The second-order valence-electron chi connectivity index (χ2n) is 2.78. The number of rotatable bonds is 5. The first kappa shape index (κ1) is 12.7. The molecule has 1 unspecified atom stereocenters. The van der Waals surface area contributed by atoms with Gasteiger partial charge in [-0.05, 0) is 20.3 Å². The smallest absolute Gasteiger partial charge is 0.407 e. The largest absolute Gasteiger partial charge is 0.461 e. The highest BCUT2D eigenvalue weighted by Crippen LogP contribution is 1.95. The van der Waals surface area contributed by atoms with Crippen LogP contribution < -0.4 is 5.32 Å². The van der Waals surface area contributed by atoms with Crippen LogP contribution in [0.25, 0.3) is 0 Å². The van der Waals surface area contributed by atoms with E-state index < -0.39 is 12.1 Å². The molecule has 0 aromatic rings. The SMILES string of the molecule is CCOC(=O)NCC(=O)OC(C)CC. The van der Waals surface area contributed by atoms with Gasteiger partial charge in [0.15, 0.2) is 0 Å². The second-order valence-corrected chi connectivity index (χ2v) is 2.78. The average molecular weight is 203 g/mol. The van der Waals surface area contributed by atoms with Crippen molar-refractivity contribution < 1.29 is 19.1 Å². The molecule has 0 rings (SSSR count). The Morgan fingerprint density at radius 2 is 2.00 bits per heavy atom. The molecule has 0 spiro atoms. The number of alkyl carbamates (subject to hydrolysis) is 1. The van der Waals surface area contributed by atoms with Crippen LogP contribution in [0.1, 0.15) is 27.2 Å². The first-order valence-electron chi connectivity index (χ1n) is 4.70. The summed E-state index contributed by atoms with van der Waals surface area (Å²) in [5, 5.41) is 2.28. The Balaban J connectivity index is 3.58. The van der Waals surface area contributed by atoms with Crippen LogP contribution in [0.15, 0.2) is 0 Å². The van der Waals surface area contributed by atoms with Crippen molar-refractivity contribution in [1.82, 2.24) is 5.32 Å². The van der Waals surface area contributed by atoms with Crippen molar-refractivity contribution >= 4 is 12.1 Å². The zero-order valence-electron chi connectivity index (χ0n) is 8.83. The van der Waals surface area contributed by atoms with Crippen molar-refractivity contribution in [3.8, 4) is 0 Å². The molecule has 5 heteroatoms. The van der Waals surface area contributed by atoms with Crippen LogP contribution in [-0.4, -0.2) is 31.3 Å². The molecule has 0 aliphatic heterocycles. The second kappa shape index (κ2) is 7.17. The van der Waals surface area contributed by atoms with E-state index in [0.29, 0.717) is 0 Å². The van der Waals surface area contributed by atoms with E-state index in [0.717, 1.165) is 6.42 Å². The molecule has 1 atom stereocenters. The van der Waals surface area contributed by atoms with Gasteiger partial charge in [0.2, 0.25) is 0 Å². The summed E-state index contributed by atoms with van der Waals surface area (Å²) in [4.78, 5) is 21.8. The van der Waals surface area contributed by atoms with Crippen LogP contribution in [0, 0.1) is 0 Å². The third kappa shape index (κ3) is 6.28. The molecule has 0 saturated heterocycles. The lowest BCUT2D eigenvalue weighted by molar-refractivity contribution is -0.147. The number of ether oxygens (including phenoxy) is 2. The van der Waals surface area contributed by atoms with Crippen LogP contribution in [0.5, 0.6) is 0 Å². The first-order chi connectivity index (χ1) is 6.60. The Hall–Kier alpha value is -1.26. The molecule has 1 amide bonds. The van der Waals surface area contributed by atoms with Gasteiger partial charge in [-0.1, -0.05) is 6.92 Å². The normalized spacial score (nSPS) is 11.6. The van der Waals surface area contributed by atoms with Crippen molar-refractivity contribution in [2.45, 2.75) is 33.3 Å². The van der Waals surface area contributed by atoms with E-state index in [-0.39, 0.29) is 19.3 Å². The fraction of sp³-hybridized carbons (Fsp3) is 0.778. The Bertz CT molecular complexity index is 193. The minimum atomic E-state index is -0.603. The number of carbonyl (C=O) groups excluding carboxylic acids is 2. The van der Waals surface area contributed by atoms with Gasteiger partial charge in [-0.25, -0.2) is 4.79 Å². The predicted molar refractivity (Wildman–Crippen MR) is 50.9 cm³/mol. The molecule has 0 fully saturated rings. The number of amides is 1. The molecule has 5 nitrogen and oxygen atoms in total. The summed E-state index contributed by atoms with van der Waals surface area (Å²) in [6.45, 7) is 5.53. The van der Waals surface area contributed by atoms with Gasteiger partial charge in [0.05, 0.1) is 12.7 Å². The third-order valence-electron chi connectivity index (χ3n) is 1.56. The van der Waals surface area contributed by atoms with Crippen molar-refractivity contribution in [1.29, 1.82) is 0 Å². The summed E-state index contributed by atoms with van der Waals surface area (Å²) in [6, 6.07) is 0. The van der Waals surface area contributed by atoms with Crippen LogP contribution in [0.4, 0.5) is 4.79 Å². The standard InChI is InChI=1S/C9H17NO4/c1-4-7(3)14-8(11)6-10-9(12)13-5-2/h7H,4-6H2,1-3H3,(H,10,12). The minimum absolute atomic E-state index is 0.119. The highest BCUT2D eigenvalue weighted by Gasteiger charge is 2.09. The monoisotopic (exact) mass is 203 g/mol. The number of hydrogen-bond acceptors (Lipinski definition) is 4. The third-order valence-corrected chi connectivity index (χ3v) is 1.56. The lowest BCUT2D eigenvalue weighted by Crippen LogP contribution is -2.32. The minimum Gasteiger partial charge on any atom is -0.461 e. The Morgan fingerprint density at radius 1 is 1.36 bits per heavy atom. The molecule has 82 valence electrons. The van der Waals surface area contributed by atoms with E-state index >= 15 is 0 Å². The number of nitrogens with one attached hydrogen (secondary N) is 1. The topological polar surface area (TPSA) is 64.6 Å². The zero-order chi connectivity index (χ0) is 11.0. The molecule has 14 heavy (non-hydrogen) atoms. The van der Waals surface area contributed by atoms with Gasteiger partial charge in [-0.15, -0.1) is 0 Å². The molecule has 0 radical (unpaired) electrons. The zero-order valence-corrected chi connectivity index (χ0v) is 8.83. The maximum absolute atomic E-state index is 11.0. The first-order valence-corrected chi connectivity index (χ1v) is 4.70. The van der Waals surface area contributed by atoms with E-state index in [1.807, 2.05) is 6.92 Å². The molecule has 0 aliphatic rings. The number of hydrogen-bond donors (Lipinski definition) is 1. The van der Waals surface area contributed by atoms with E-state index in [1.54, 1.807) is 13.8 Å². The van der Waals surface area contributed by atoms with Gasteiger partial charge in [0.1, 0.15) is 6.54 Å². The van der Waals surface area contributed by atoms with E-state index in [4.69, 9.17) is 4.74 Å². The predicted octanol–water partition coefficient (Wildman–Crippen LogP) is 1.07. The van der Waals surface area contributed by atoms with E-state index in [9.17, 15) is 9.59 Å². The number of esters is 1. The van der Waals surface area contributed by atoms with Gasteiger partial charge in [0.25, 0.3) is 0 Å². The van der Waals surface area contributed by atoms with Gasteiger partial charge < -0.3 is 14.8 Å². The Labute approximate surface area is 83.8 Å². The molecule has 0 saturated carbocycles. The summed E-state index contributed by atoms with van der Waals surface area (Å²) in [5.74, 6) is -0.451. The highest BCUT2D eigenvalue weighted by atomic mass is 16.6. The van der Waals surface area contributed by atoms with Crippen molar-refractivity contribution in [3.05, 3.63) is 0 Å². The van der Waals surface area contributed by atoms with Gasteiger partial charge in [-0.2, -0.15) is 0 Å². The fourth-order valence-electron chi connectivity index (χ4n) is 0.676. The molecule has 0 aromatic heterocycles. The summed E-state index contributed by atoms with van der Waals surface area (Å²) in [5.41, 5.74) is 0. The van der Waals surface area contributed by atoms with Crippen LogP contribution >= 0.6 is 0 Å². The van der Waals surface area contributed by atoms with Crippen LogP contribution in [0.2, 0.25) is 0 Å². The van der Waals surface area contributed by atoms with Crippen molar-refractivity contribution in [3.63, 3.8) is 0 Å². The highest BCUT2D eigenvalue weighted by molar-refractivity contribution is 5.77.